The van der Waals surface area contributed by atoms with Gasteiger partial charge in [-0.3, -0.25) is 19.3 Å². The molecule has 4 saturated carbocycles. The van der Waals surface area contributed by atoms with Crippen molar-refractivity contribution in [3.05, 3.63) is 81.0 Å². The summed E-state index contributed by atoms with van der Waals surface area (Å²) in [6.07, 6.45) is 12.8. The van der Waals surface area contributed by atoms with Gasteiger partial charge in [-0.05, 0) is 143 Å². The molecule has 0 unspecified atom stereocenters. The molecule has 3 aromatic heterocycles. The Bertz CT molecular complexity index is 2070. The number of H-pyrrole nitrogens is 1. The molecule has 1 saturated heterocycles. The molecule has 0 radical (unpaired) electrons. The van der Waals surface area contributed by atoms with Gasteiger partial charge in [0.2, 0.25) is 5.91 Å². The molecule has 54 heavy (non-hydrogen) atoms. The number of nitrogens with one attached hydrogen (secondary N) is 3. The normalized spacial score (nSPS) is 23.7. The molecule has 4 aliphatic carbocycles. The minimum absolute atomic E-state index is 0.149. The van der Waals surface area contributed by atoms with Gasteiger partial charge in [0, 0.05) is 104 Å². The highest BCUT2D eigenvalue weighted by atomic mass is 16.2. The van der Waals surface area contributed by atoms with Crippen LogP contribution in [0.4, 0.5) is 5.82 Å². The van der Waals surface area contributed by atoms with Crippen LogP contribution in [0.1, 0.15) is 97.6 Å². The molecule has 5 fully saturated rings. The molecule has 0 atom stereocenters. The number of hydrogen-bond acceptors (Lipinski definition) is 6. The summed E-state index contributed by atoms with van der Waals surface area (Å²) in [5, 5.41) is 7.23. The Balaban J connectivity index is 0.896. The van der Waals surface area contributed by atoms with Crippen molar-refractivity contribution in [1.29, 1.82) is 0 Å². The van der Waals surface area contributed by atoms with Crippen molar-refractivity contribution in [3.8, 4) is 11.1 Å². The van der Waals surface area contributed by atoms with Crippen LogP contribution in [-0.4, -0.2) is 70.5 Å². The number of hydrogen-bond donors (Lipinski definition) is 3. The number of fused-ring (bicyclic) bond motifs is 1. The number of carbonyl (C=O) groups is 2. The van der Waals surface area contributed by atoms with E-state index in [4.69, 9.17) is 4.98 Å². The second kappa shape index (κ2) is 14.7. The van der Waals surface area contributed by atoms with Gasteiger partial charge in [0.1, 0.15) is 5.82 Å². The molecule has 9 rings (SSSR count). The van der Waals surface area contributed by atoms with E-state index >= 15 is 0 Å². The number of aromatic nitrogens is 3. The molecule has 1 aromatic carbocycles. The van der Waals surface area contributed by atoms with E-state index < -0.39 is 0 Å². The van der Waals surface area contributed by atoms with E-state index in [0.717, 1.165) is 102 Å². The first-order valence-corrected chi connectivity index (χ1v) is 20.3. The minimum Gasteiger partial charge on any atom is -0.355 e. The predicted octanol–water partition coefficient (Wildman–Crippen LogP) is 6.67. The van der Waals surface area contributed by atoms with Gasteiger partial charge in [-0.25, -0.2) is 4.98 Å². The van der Waals surface area contributed by atoms with Crippen molar-refractivity contribution in [2.45, 2.75) is 92.2 Å². The topological polar surface area (TPSA) is 115 Å². The molecule has 3 N–H and O–H groups in total. The van der Waals surface area contributed by atoms with Crippen LogP contribution >= 0.6 is 0 Å². The summed E-state index contributed by atoms with van der Waals surface area (Å²) in [4.78, 5) is 52.1. The van der Waals surface area contributed by atoms with Crippen molar-refractivity contribution in [1.82, 2.24) is 30.1 Å². The van der Waals surface area contributed by atoms with Gasteiger partial charge in [-0.1, -0.05) is 0 Å². The van der Waals surface area contributed by atoms with Crippen molar-refractivity contribution in [2.24, 2.45) is 23.2 Å². The number of anilines is 1. The molecule has 1 aliphatic heterocycles. The zero-order valence-electron chi connectivity index (χ0n) is 32.8. The van der Waals surface area contributed by atoms with Crippen LogP contribution in [0.5, 0.6) is 0 Å². The molecule has 4 aromatic rings. The smallest absolute Gasteiger partial charge is 0.253 e. The van der Waals surface area contributed by atoms with Gasteiger partial charge in [0.25, 0.3) is 11.5 Å². The highest BCUT2D eigenvalue weighted by molar-refractivity contribution is 6.09. The van der Waals surface area contributed by atoms with E-state index in [1.54, 1.807) is 0 Å². The number of aromatic amines is 1. The largest absolute Gasteiger partial charge is 0.355 e. The lowest BCUT2D eigenvalue weighted by Gasteiger charge is -2.56. The third-order valence-electron chi connectivity index (χ3n) is 13.1. The molecule has 10 heteroatoms. The Labute approximate surface area is 319 Å². The van der Waals surface area contributed by atoms with Crippen LogP contribution in [-0.2, 0) is 11.3 Å². The summed E-state index contributed by atoms with van der Waals surface area (Å²) >= 11 is 0. The Kier molecular flexibility index (Phi) is 9.92. The molecule has 4 heterocycles. The van der Waals surface area contributed by atoms with Crippen LogP contribution in [0.2, 0.25) is 0 Å². The summed E-state index contributed by atoms with van der Waals surface area (Å²) < 4.78 is 2.22. The highest BCUT2D eigenvalue weighted by Crippen LogP contribution is 2.61. The number of aryl methyl sites for hydroxylation is 3. The Morgan fingerprint density at radius 3 is 2.24 bits per heavy atom. The maximum Gasteiger partial charge on any atom is 0.253 e. The van der Waals surface area contributed by atoms with Crippen molar-refractivity contribution >= 4 is 28.5 Å². The summed E-state index contributed by atoms with van der Waals surface area (Å²) in [6, 6.07) is 10.4. The fourth-order valence-electron chi connectivity index (χ4n) is 10.9. The van der Waals surface area contributed by atoms with Crippen LogP contribution in [0.3, 0.4) is 0 Å². The Hall–Kier alpha value is -4.44. The van der Waals surface area contributed by atoms with Gasteiger partial charge in [0.05, 0.1) is 0 Å². The van der Waals surface area contributed by atoms with Gasteiger partial charge < -0.3 is 25.1 Å². The Morgan fingerprint density at radius 2 is 1.61 bits per heavy atom. The lowest BCUT2D eigenvalue weighted by atomic mass is 9.49. The average molecular weight is 732 g/mol. The van der Waals surface area contributed by atoms with E-state index in [-0.39, 0.29) is 30.0 Å². The summed E-state index contributed by atoms with van der Waals surface area (Å²) in [5.74, 6) is 3.62. The first-order chi connectivity index (χ1) is 25.9. The molecule has 10 nitrogen and oxygen atoms in total. The standard InChI is InChI=1S/C44H57N7O3/c1-27(2)51-26-29(4)41-36(42(53)47-25-37-28(3)14-30(5)48-43(37)54)18-35(19-38(41)51)34-6-7-39(46-24-34)50-12-10-49(11-13-50)9-8-45-40(52)23-44-20-31-15-32(21-44)17-33(16-31)22-44/h6-7,14,18-19,24,26-27,31-33H,8-13,15-17,20-23,25H2,1-5H3,(H,45,52)(H,47,53)(H,48,54). The van der Waals surface area contributed by atoms with E-state index in [2.05, 4.69) is 68.2 Å². The van der Waals surface area contributed by atoms with Gasteiger partial charge >= 0.3 is 0 Å². The number of carbonyl (C=O) groups excluding carboxylic acids is 2. The molecule has 2 amide bonds. The van der Waals surface area contributed by atoms with Crippen LogP contribution < -0.4 is 21.1 Å². The maximum atomic E-state index is 13.9. The quantitative estimate of drug-likeness (QED) is 0.159. The van der Waals surface area contributed by atoms with Crippen molar-refractivity contribution in [2.75, 3.05) is 44.2 Å². The fourth-order valence-corrected chi connectivity index (χ4v) is 10.9. The zero-order valence-corrected chi connectivity index (χ0v) is 32.8. The van der Waals surface area contributed by atoms with Gasteiger partial charge in [-0.15, -0.1) is 0 Å². The molecular formula is C44H57N7O3. The van der Waals surface area contributed by atoms with Crippen LogP contribution in [0, 0.1) is 43.9 Å². The number of amides is 2. The summed E-state index contributed by atoms with van der Waals surface area (Å²) in [7, 11) is 0. The number of pyridine rings is 2. The second-order valence-electron chi connectivity index (χ2n) is 17.5. The van der Waals surface area contributed by atoms with E-state index in [0.29, 0.717) is 23.1 Å². The monoisotopic (exact) mass is 731 g/mol. The number of benzene rings is 1. The summed E-state index contributed by atoms with van der Waals surface area (Å²) in [5.41, 5.74) is 6.82. The molecule has 4 bridgehead atoms. The SMILES string of the molecule is Cc1cc(C)c(CNC(=O)c2cc(-c3ccc(N4CCN(CCNC(=O)CC56CC7CC(CC(C7)C5)C6)CC4)nc3)cc3c2c(C)cn3C(C)C)c(=O)[nH]1. The fraction of sp³-hybridized carbons (Fsp3) is 0.545. The number of piperazine rings is 1. The number of rotatable bonds is 11. The van der Waals surface area contributed by atoms with Gasteiger partial charge in [0.15, 0.2) is 0 Å². The first kappa shape index (κ1) is 36.5. The first-order valence-electron chi connectivity index (χ1n) is 20.3. The van der Waals surface area contributed by atoms with E-state index in [1.165, 1.54) is 38.5 Å². The number of nitrogens with zero attached hydrogens (tertiary/aromatic N) is 4. The lowest BCUT2D eigenvalue weighted by Crippen LogP contribution is -2.50. The maximum absolute atomic E-state index is 13.9. The third-order valence-corrected chi connectivity index (χ3v) is 13.1. The minimum atomic E-state index is -0.213. The van der Waals surface area contributed by atoms with Crippen LogP contribution in [0.15, 0.2) is 47.5 Å². The van der Waals surface area contributed by atoms with Gasteiger partial charge in [-0.2, -0.15) is 0 Å². The molecule has 5 aliphatic rings. The predicted molar refractivity (Wildman–Crippen MR) is 215 cm³/mol. The average Bonchev–Trinajstić information content (AvgIpc) is 3.46. The summed E-state index contributed by atoms with van der Waals surface area (Å²) in [6.45, 7) is 15.5. The molecule has 0 spiro atoms. The van der Waals surface area contributed by atoms with Crippen molar-refractivity contribution in [3.63, 3.8) is 0 Å². The lowest BCUT2D eigenvalue weighted by molar-refractivity contribution is -0.129. The highest BCUT2D eigenvalue weighted by Gasteiger charge is 2.51. The molecule has 286 valence electrons. The van der Waals surface area contributed by atoms with Crippen molar-refractivity contribution < 1.29 is 9.59 Å². The van der Waals surface area contributed by atoms with E-state index in [1.807, 2.05) is 39.1 Å². The third kappa shape index (κ3) is 7.33. The van der Waals surface area contributed by atoms with E-state index in [9.17, 15) is 14.4 Å². The second-order valence-corrected chi connectivity index (χ2v) is 17.5. The van der Waals surface area contributed by atoms with Crippen LogP contribution in [0.25, 0.3) is 22.0 Å². The molecular weight excluding hydrogens is 675 g/mol. The Morgan fingerprint density at radius 1 is 0.907 bits per heavy atom. The zero-order chi connectivity index (χ0) is 37.7.